The minimum absolute atomic E-state index is 0.0336. The van der Waals surface area contributed by atoms with E-state index in [1.165, 1.54) is 0 Å². The number of carbonyl (C=O) groups is 2. The van der Waals surface area contributed by atoms with Gasteiger partial charge in [0.15, 0.2) is 0 Å². The van der Waals surface area contributed by atoms with Crippen LogP contribution in [0, 0.1) is 0 Å². The van der Waals surface area contributed by atoms with Crippen molar-refractivity contribution in [2.24, 2.45) is 0 Å². The van der Waals surface area contributed by atoms with Gasteiger partial charge in [-0.25, -0.2) is 9.59 Å². The van der Waals surface area contributed by atoms with E-state index in [1.807, 2.05) is 0 Å². The summed E-state index contributed by atoms with van der Waals surface area (Å²) in [7, 11) is 0. The Bertz CT molecular complexity index is 494. The van der Waals surface area contributed by atoms with Gasteiger partial charge in [-0.1, -0.05) is 0 Å². The lowest BCUT2D eigenvalue weighted by Crippen LogP contribution is -2.46. The van der Waals surface area contributed by atoms with Gasteiger partial charge in [0.05, 0.1) is 12.1 Å². The van der Waals surface area contributed by atoms with Crippen LogP contribution in [0.5, 0.6) is 0 Å². The van der Waals surface area contributed by atoms with E-state index < -0.39 is 24.1 Å². The van der Waals surface area contributed by atoms with E-state index >= 15 is 0 Å². The lowest BCUT2D eigenvalue weighted by molar-refractivity contribution is -0.141. The maximum Gasteiger partial charge on any atom is 0.326 e. The number of nitrogens with zero attached hydrogens (tertiary/aromatic N) is 2. The zero-order chi connectivity index (χ0) is 14.7. The number of aromatic nitrogens is 1. The first kappa shape index (κ1) is 14.3. The van der Waals surface area contributed by atoms with Crippen LogP contribution in [-0.4, -0.2) is 50.8 Å². The van der Waals surface area contributed by atoms with E-state index in [2.05, 4.69) is 10.3 Å². The van der Waals surface area contributed by atoms with E-state index in [0.717, 1.165) is 10.5 Å². The molecular formula is C13H17N3O4. The van der Waals surface area contributed by atoms with Gasteiger partial charge in [0.25, 0.3) is 0 Å². The van der Waals surface area contributed by atoms with E-state index in [4.69, 9.17) is 5.11 Å². The van der Waals surface area contributed by atoms with E-state index in [1.54, 1.807) is 31.5 Å². The van der Waals surface area contributed by atoms with E-state index in [-0.39, 0.29) is 19.0 Å². The Morgan fingerprint density at radius 2 is 2.10 bits per heavy atom. The first-order chi connectivity index (χ1) is 9.49. The molecule has 0 aromatic carbocycles. The van der Waals surface area contributed by atoms with Crippen LogP contribution in [0.2, 0.25) is 0 Å². The SMILES string of the molecule is CC(NC(=O)N1CC(O)CC1C(=O)O)c1ccncc1. The first-order valence-corrected chi connectivity index (χ1v) is 6.37. The summed E-state index contributed by atoms with van der Waals surface area (Å²) < 4.78 is 0. The topological polar surface area (TPSA) is 103 Å². The molecule has 2 rings (SSSR count). The zero-order valence-corrected chi connectivity index (χ0v) is 11.1. The number of carbonyl (C=O) groups excluding carboxylic acids is 1. The number of amides is 2. The summed E-state index contributed by atoms with van der Waals surface area (Å²) in [4.78, 5) is 28.2. The second kappa shape index (κ2) is 5.87. The van der Waals surface area contributed by atoms with Crippen molar-refractivity contribution >= 4 is 12.0 Å². The molecule has 3 N–H and O–H groups in total. The summed E-state index contributed by atoms with van der Waals surface area (Å²) in [6.45, 7) is 1.83. The molecule has 3 atom stereocenters. The molecule has 1 fully saturated rings. The standard InChI is InChI=1S/C13H17N3O4/c1-8(9-2-4-14-5-3-9)15-13(20)16-7-10(17)6-11(16)12(18)19/h2-5,8,10-11,17H,6-7H2,1H3,(H,15,20)(H,18,19). The number of carboxylic acids is 1. The molecule has 1 aliphatic rings. The fourth-order valence-electron chi connectivity index (χ4n) is 2.28. The van der Waals surface area contributed by atoms with Gasteiger partial charge in [0, 0.05) is 25.4 Å². The van der Waals surface area contributed by atoms with Crippen LogP contribution in [-0.2, 0) is 4.79 Å². The number of aliphatic hydroxyl groups excluding tert-OH is 1. The molecule has 7 nitrogen and oxygen atoms in total. The Morgan fingerprint density at radius 1 is 1.45 bits per heavy atom. The van der Waals surface area contributed by atoms with Crippen molar-refractivity contribution in [2.45, 2.75) is 31.5 Å². The highest BCUT2D eigenvalue weighted by atomic mass is 16.4. The second-order valence-corrected chi connectivity index (χ2v) is 4.85. The molecule has 108 valence electrons. The number of hydrogen-bond donors (Lipinski definition) is 3. The summed E-state index contributed by atoms with van der Waals surface area (Å²) in [5.41, 5.74) is 0.875. The van der Waals surface area contributed by atoms with Crippen LogP contribution in [0.1, 0.15) is 24.9 Å². The predicted molar refractivity (Wildman–Crippen MR) is 69.9 cm³/mol. The Balaban J connectivity index is 2.02. The van der Waals surface area contributed by atoms with Gasteiger partial charge in [-0.2, -0.15) is 0 Å². The lowest BCUT2D eigenvalue weighted by Gasteiger charge is -2.24. The number of hydrogen-bond acceptors (Lipinski definition) is 4. The van der Waals surface area contributed by atoms with Crippen LogP contribution >= 0.6 is 0 Å². The number of pyridine rings is 1. The maximum atomic E-state index is 12.1. The van der Waals surface area contributed by atoms with Crippen molar-refractivity contribution in [2.75, 3.05) is 6.54 Å². The number of nitrogens with one attached hydrogen (secondary N) is 1. The molecule has 2 amide bonds. The molecule has 20 heavy (non-hydrogen) atoms. The number of aliphatic hydroxyl groups is 1. The predicted octanol–water partition coefficient (Wildman–Crippen LogP) is 0.372. The molecule has 2 heterocycles. The third kappa shape index (κ3) is 3.05. The fraction of sp³-hybridized carbons (Fsp3) is 0.462. The Morgan fingerprint density at radius 3 is 2.70 bits per heavy atom. The molecule has 7 heteroatoms. The van der Waals surface area contributed by atoms with Crippen LogP contribution < -0.4 is 5.32 Å². The average Bonchev–Trinajstić information content (AvgIpc) is 2.82. The number of rotatable bonds is 3. The first-order valence-electron chi connectivity index (χ1n) is 6.37. The van der Waals surface area contributed by atoms with Gasteiger partial charge in [-0.3, -0.25) is 4.98 Å². The Labute approximate surface area is 116 Å². The van der Waals surface area contributed by atoms with Crippen molar-refractivity contribution in [1.29, 1.82) is 0 Å². The molecule has 0 spiro atoms. The largest absolute Gasteiger partial charge is 0.480 e. The van der Waals surface area contributed by atoms with Crippen molar-refractivity contribution in [1.82, 2.24) is 15.2 Å². The minimum Gasteiger partial charge on any atom is -0.480 e. The lowest BCUT2D eigenvalue weighted by atomic mass is 10.1. The molecule has 1 aromatic rings. The summed E-state index contributed by atoms with van der Waals surface area (Å²) >= 11 is 0. The van der Waals surface area contributed by atoms with Crippen molar-refractivity contribution < 1.29 is 19.8 Å². The maximum absolute atomic E-state index is 12.1. The van der Waals surface area contributed by atoms with Gasteiger partial charge >= 0.3 is 12.0 Å². The average molecular weight is 279 g/mol. The molecule has 3 unspecified atom stereocenters. The normalized spacial score (nSPS) is 23.4. The number of likely N-dealkylation sites (tertiary alicyclic amines) is 1. The van der Waals surface area contributed by atoms with Crippen LogP contribution in [0.3, 0.4) is 0 Å². The third-order valence-corrected chi connectivity index (χ3v) is 3.37. The van der Waals surface area contributed by atoms with E-state index in [9.17, 15) is 14.7 Å². The van der Waals surface area contributed by atoms with Crippen molar-refractivity contribution in [3.63, 3.8) is 0 Å². The van der Waals surface area contributed by atoms with Crippen molar-refractivity contribution in [3.05, 3.63) is 30.1 Å². The van der Waals surface area contributed by atoms with Crippen LogP contribution in [0.15, 0.2) is 24.5 Å². The quantitative estimate of drug-likeness (QED) is 0.742. The second-order valence-electron chi connectivity index (χ2n) is 4.85. The Hall–Kier alpha value is -2.15. The number of β-amino-alcohol motifs (C(OH)–C–C–N with tert-alkyl or cyclic N) is 1. The van der Waals surface area contributed by atoms with Gasteiger partial charge in [-0.15, -0.1) is 0 Å². The monoisotopic (exact) mass is 279 g/mol. The summed E-state index contributed by atoms with van der Waals surface area (Å²) in [6, 6.07) is 1.82. The molecule has 1 saturated heterocycles. The van der Waals surface area contributed by atoms with Crippen LogP contribution in [0.4, 0.5) is 4.79 Å². The summed E-state index contributed by atoms with van der Waals surface area (Å²) in [6.07, 6.45) is 2.51. The van der Waals surface area contributed by atoms with Gasteiger partial charge < -0.3 is 20.4 Å². The van der Waals surface area contributed by atoms with Gasteiger partial charge in [0.1, 0.15) is 6.04 Å². The van der Waals surface area contributed by atoms with Crippen molar-refractivity contribution in [3.8, 4) is 0 Å². The molecular weight excluding hydrogens is 262 g/mol. The zero-order valence-electron chi connectivity index (χ0n) is 11.1. The fourth-order valence-corrected chi connectivity index (χ4v) is 2.28. The van der Waals surface area contributed by atoms with Gasteiger partial charge in [-0.05, 0) is 24.6 Å². The van der Waals surface area contributed by atoms with E-state index in [0.29, 0.717) is 0 Å². The highest BCUT2D eigenvalue weighted by Crippen LogP contribution is 2.19. The number of carboxylic acid groups (broad SMARTS) is 1. The van der Waals surface area contributed by atoms with Crippen LogP contribution in [0.25, 0.3) is 0 Å². The highest BCUT2D eigenvalue weighted by molar-refractivity contribution is 5.83. The summed E-state index contributed by atoms with van der Waals surface area (Å²) in [5.74, 6) is -1.10. The number of urea groups is 1. The number of aliphatic carboxylic acids is 1. The highest BCUT2D eigenvalue weighted by Gasteiger charge is 2.39. The summed E-state index contributed by atoms with van der Waals surface area (Å²) in [5, 5.41) is 21.3. The molecule has 0 aliphatic carbocycles. The minimum atomic E-state index is -1.10. The molecule has 0 saturated carbocycles. The molecule has 1 aromatic heterocycles. The molecule has 0 radical (unpaired) electrons. The molecule has 0 bridgehead atoms. The van der Waals surface area contributed by atoms with Gasteiger partial charge in [0.2, 0.25) is 0 Å². The smallest absolute Gasteiger partial charge is 0.326 e. The third-order valence-electron chi connectivity index (χ3n) is 3.37. The Kier molecular flexibility index (Phi) is 4.19. The molecule has 1 aliphatic heterocycles.